The molecule has 5 nitrogen and oxygen atoms in total. The first-order valence-electron chi connectivity index (χ1n) is 10.5. The zero-order valence-electron chi connectivity index (χ0n) is 19.4. The molecule has 0 radical (unpaired) electrons. The number of ether oxygens (including phenoxy) is 3. The molecule has 164 valence electrons. The van der Waals surface area contributed by atoms with Gasteiger partial charge >= 0.3 is 0 Å². The number of hydrogen-bond acceptors (Lipinski definition) is 5. The molecule has 2 unspecified atom stereocenters. The van der Waals surface area contributed by atoms with Crippen molar-refractivity contribution < 1.29 is 19.3 Å². The molecule has 0 saturated heterocycles. The lowest BCUT2D eigenvalue weighted by Crippen LogP contribution is -2.51. The van der Waals surface area contributed by atoms with Crippen LogP contribution in [0.25, 0.3) is 10.8 Å². The number of phenols is 1. The summed E-state index contributed by atoms with van der Waals surface area (Å²) in [6.45, 7) is 6.38. The molecular formula is C26H31NO4. The molecule has 3 aromatic carbocycles. The third kappa shape index (κ3) is 3.10. The minimum Gasteiger partial charge on any atom is -0.507 e. The topological polar surface area (TPSA) is 51.2 Å². The summed E-state index contributed by atoms with van der Waals surface area (Å²) in [5, 5.41) is 13.3. The number of hydrogen-bond donors (Lipinski definition) is 1. The van der Waals surface area contributed by atoms with E-state index in [0.29, 0.717) is 5.75 Å². The molecule has 0 aliphatic carbocycles. The summed E-state index contributed by atoms with van der Waals surface area (Å²) in [5.41, 5.74) is 3.52. The minimum atomic E-state index is -0.612. The number of phenolic OH excluding ortho intramolecular Hbond substituents is 1. The number of benzene rings is 3. The largest absolute Gasteiger partial charge is 0.507 e. The van der Waals surface area contributed by atoms with E-state index in [1.165, 1.54) is 5.56 Å². The average molecular weight is 422 g/mol. The Morgan fingerprint density at radius 2 is 1.71 bits per heavy atom. The maximum Gasteiger partial charge on any atom is 0.132 e. The zero-order valence-corrected chi connectivity index (χ0v) is 19.4. The molecule has 2 atom stereocenters. The standard InChI is InChI=1S/C26H31NO4/c1-15-10-17-8-9-20(25(28)23(17)21(11-15)30-6)26(3)24-18(12-16(2)27(26)4)13-19(29-5)14-22(24)31-7/h8-11,13-14,16,28H,12H2,1-7H3. The maximum absolute atomic E-state index is 11.6. The predicted molar refractivity (Wildman–Crippen MR) is 124 cm³/mol. The molecule has 31 heavy (non-hydrogen) atoms. The fourth-order valence-electron chi connectivity index (χ4n) is 5.14. The molecule has 1 aliphatic heterocycles. The Kier molecular flexibility index (Phi) is 5.26. The van der Waals surface area contributed by atoms with Crippen molar-refractivity contribution in [3.05, 3.63) is 58.7 Å². The smallest absolute Gasteiger partial charge is 0.132 e. The van der Waals surface area contributed by atoms with Gasteiger partial charge in [0.2, 0.25) is 0 Å². The highest BCUT2D eigenvalue weighted by Crippen LogP contribution is 2.52. The van der Waals surface area contributed by atoms with Gasteiger partial charge in [0.15, 0.2) is 0 Å². The van der Waals surface area contributed by atoms with Crippen LogP contribution in [-0.2, 0) is 12.0 Å². The van der Waals surface area contributed by atoms with Crippen molar-refractivity contribution in [3.63, 3.8) is 0 Å². The van der Waals surface area contributed by atoms with E-state index < -0.39 is 5.54 Å². The van der Waals surface area contributed by atoms with Crippen molar-refractivity contribution in [1.82, 2.24) is 4.90 Å². The van der Waals surface area contributed by atoms with Crippen molar-refractivity contribution in [1.29, 1.82) is 0 Å². The van der Waals surface area contributed by atoms with E-state index in [1.807, 2.05) is 25.1 Å². The molecule has 1 aliphatic rings. The monoisotopic (exact) mass is 421 g/mol. The SMILES string of the molecule is COc1cc2c(c(OC)c1)C(C)(c1ccc3cc(C)cc(OC)c3c1O)N(C)C(C)C2. The molecule has 3 aromatic rings. The lowest BCUT2D eigenvalue weighted by Gasteiger charge is -2.49. The van der Waals surface area contributed by atoms with E-state index in [-0.39, 0.29) is 11.8 Å². The van der Waals surface area contributed by atoms with Crippen LogP contribution >= 0.6 is 0 Å². The van der Waals surface area contributed by atoms with Crippen LogP contribution in [0.4, 0.5) is 0 Å². The van der Waals surface area contributed by atoms with Crippen LogP contribution in [-0.4, -0.2) is 44.4 Å². The van der Waals surface area contributed by atoms with E-state index in [9.17, 15) is 5.11 Å². The average Bonchev–Trinajstić information content (AvgIpc) is 2.76. The fourth-order valence-corrected chi connectivity index (χ4v) is 5.14. The molecular weight excluding hydrogens is 390 g/mol. The fraction of sp³-hybridized carbons (Fsp3) is 0.385. The molecule has 1 heterocycles. The van der Waals surface area contributed by atoms with Gasteiger partial charge in [-0.15, -0.1) is 0 Å². The summed E-state index contributed by atoms with van der Waals surface area (Å²) in [6.07, 6.45) is 0.867. The Labute approximate surface area is 184 Å². The van der Waals surface area contributed by atoms with Crippen LogP contribution in [0.1, 0.15) is 36.1 Å². The van der Waals surface area contributed by atoms with Gasteiger partial charge in [-0.1, -0.05) is 18.2 Å². The highest BCUT2D eigenvalue weighted by Gasteiger charge is 2.45. The van der Waals surface area contributed by atoms with Gasteiger partial charge in [-0.3, -0.25) is 4.90 Å². The third-order valence-corrected chi connectivity index (χ3v) is 6.92. The molecule has 0 spiro atoms. The summed E-state index contributed by atoms with van der Waals surface area (Å²) < 4.78 is 17.0. The van der Waals surface area contributed by atoms with Gasteiger partial charge < -0.3 is 19.3 Å². The van der Waals surface area contributed by atoms with Gasteiger partial charge in [-0.05, 0) is 62.9 Å². The first-order chi connectivity index (χ1) is 14.8. The second-order valence-electron chi connectivity index (χ2n) is 8.63. The quantitative estimate of drug-likeness (QED) is 0.641. The highest BCUT2D eigenvalue weighted by molar-refractivity contribution is 5.95. The molecule has 5 heteroatoms. The molecule has 0 fully saturated rings. The van der Waals surface area contributed by atoms with E-state index in [0.717, 1.165) is 45.4 Å². The van der Waals surface area contributed by atoms with E-state index in [1.54, 1.807) is 21.3 Å². The Balaban J connectivity index is 2.07. The first-order valence-corrected chi connectivity index (χ1v) is 10.5. The van der Waals surface area contributed by atoms with E-state index >= 15 is 0 Å². The normalized spacial score (nSPS) is 21.1. The number of methoxy groups -OCH3 is 3. The molecule has 1 N–H and O–H groups in total. The van der Waals surface area contributed by atoms with Crippen molar-refractivity contribution >= 4 is 10.8 Å². The third-order valence-electron chi connectivity index (χ3n) is 6.92. The van der Waals surface area contributed by atoms with Crippen LogP contribution in [0.15, 0.2) is 36.4 Å². The lowest BCUT2D eigenvalue weighted by atomic mass is 9.74. The maximum atomic E-state index is 11.6. The molecule has 0 amide bonds. The number of fused-ring (bicyclic) bond motifs is 2. The zero-order chi connectivity index (χ0) is 22.5. The van der Waals surface area contributed by atoms with Gasteiger partial charge in [-0.2, -0.15) is 0 Å². The number of nitrogens with zero attached hydrogens (tertiary/aromatic N) is 1. The minimum absolute atomic E-state index is 0.238. The van der Waals surface area contributed by atoms with Crippen LogP contribution < -0.4 is 14.2 Å². The van der Waals surface area contributed by atoms with Gasteiger partial charge in [0, 0.05) is 23.2 Å². The Bertz CT molecular complexity index is 1160. The van der Waals surface area contributed by atoms with Crippen LogP contribution in [0.2, 0.25) is 0 Å². The van der Waals surface area contributed by atoms with Crippen molar-refractivity contribution in [2.24, 2.45) is 0 Å². The summed E-state index contributed by atoms with van der Waals surface area (Å²) in [4.78, 5) is 2.31. The first kappa shape index (κ1) is 21.3. The van der Waals surface area contributed by atoms with Crippen LogP contribution in [0.3, 0.4) is 0 Å². The van der Waals surface area contributed by atoms with Crippen LogP contribution in [0, 0.1) is 6.92 Å². The summed E-state index contributed by atoms with van der Waals surface area (Å²) in [5.74, 6) is 2.44. The highest BCUT2D eigenvalue weighted by atomic mass is 16.5. The Morgan fingerprint density at radius 1 is 1.00 bits per heavy atom. The number of aryl methyl sites for hydroxylation is 1. The predicted octanol–water partition coefficient (Wildman–Crippen LogP) is 5.02. The van der Waals surface area contributed by atoms with Crippen LogP contribution in [0.5, 0.6) is 23.0 Å². The summed E-state index contributed by atoms with van der Waals surface area (Å²) >= 11 is 0. The van der Waals surface area contributed by atoms with Gasteiger partial charge in [0.25, 0.3) is 0 Å². The van der Waals surface area contributed by atoms with E-state index in [4.69, 9.17) is 14.2 Å². The lowest BCUT2D eigenvalue weighted by molar-refractivity contribution is 0.105. The molecule has 0 aromatic heterocycles. The Hall–Kier alpha value is -2.92. The summed E-state index contributed by atoms with van der Waals surface area (Å²) in [7, 11) is 7.09. The van der Waals surface area contributed by atoms with Gasteiger partial charge in [-0.25, -0.2) is 0 Å². The van der Waals surface area contributed by atoms with Crippen molar-refractivity contribution in [3.8, 4) is 23.0 Å². The number of likely N-dealkylation sites (N-methyl/N-ethyl adjacent to an activating group) is 1. The van der Waals surface area contributed by atoms with Gasteiger partial charge in [0.05, 0.1) is 32.3 Å². The van der Waals surface area contributed by atoms with Crippen molar-refractivity contribution in [2.45, 2.75) is 38.8 Å². The molecule has 0 saturated carbocycles. The second kappa shape index (κ2) is 7.65. The number of aromatic hydroxyl groups is 1. The van der Waals surface area contributed by atoms with E-state index in [2.05, 4.69) is 44.0 Å². The van der Waals surface area contributed by atoms with Crippen molar-refractivity contribution in [2.75, 3.05) is 28.4 Å². The molecule has 0 bridgehead atoms. The second-order valence-corrected chi connectivity index (χ2v) is 8.63. The summed E-state index contributed by atoms with van der Waals surface area (Å²) in [6, 6.07) is 12.4. The van der Waals surface area contributed by atoms with Gasteiger partial charge in [0.1, 0.15) is 23.0 Å². The molecule has 4 rings (SSSR count). The number of rotatable bonds is 4. The Morgan fingerprint density at radius 3 is 2.35 bits per heavy atom.